The van der Waals surface area contributed by atoms with Gasteiger partial charge in [-0.2, -0.15) is 0 Å². The Kier molecular flexibility index (Phi) is 5.02. The zero-order valence-corrected chi connectivity index (χ0v) is 17.7. The van der Waals surface area contributed by atoms with Crippen molar-refractivity contribution in [2.24, 2.45) is 0 Å². The smallest absolute Gasteiger partial charge is 0.0734 e. The molecule has 0 unspecified atom stereocenters. The summed E-state index contributed by atoms with van der Waals surface area (Å²) in [4.78, 5) is 9.51. The van der Waals surface area contributed by atoms with Gasteiger partial charge in [0.1, 0.15) is 0 Å². The Balaban J connectivity index is 1.76. The highest BCUT2D eigenvalue weighted by Gasteiger charge is 2.13. The second-order valence-corrected chi connectivity index (χ2v) is 7.83. The van der Waals surface area contributed by atoms with Gasteiger partial charge in [0.05, 0.1) is 11.4 Å². The molecule has 2 heterocycles. The van der Waals surface area contributed by atoms with Crippen molar-refractivity contribution in [1.29, 1.82) is 0 Å². The molecular formula is C27H26N2. The van der Waals surface area contributed by atoms with Crippen LogP contribution in [-0.2, 0) is 0 Å². The quantitative estimate of drug-likeness (QED) is 0.383. The van der Waals surface area contributed by atoms with Gasteiger partial charge >= 0.3 is 0 Å². The minimum atomic E-state index is 1.01. The first-order valence-corrected chi connectivity index (χ1v) is 10.0. The maximum atomic E-state index is 4.85. The fourth-order valence-corrected chi connectivity index (χ4v) is 3.89. The lowest BCUT2D eigenvalue weighted by molar-refractivity contribution is 1.20. The average Bonchev–Trinajstić information content (AvgIpc) is 2.70. The Morgan fingerprint density at radius 2 is 1.45 bits per heavy atom. The number of hydrogen-bond donors (Lipinski definition) is 0. The van der Waals surface area contributed by atoms with Crippen molar-refractivity contribution in [3.8, 4) is 33.6 Å². The first-order chi connectivity index (χ1) is 13.9. The predicted octanol–water partition coefficient (Wildman–Crippen LogP) is 7.02. The van der Waals surface area contributed by atoms with E-state index in [1.165, 1.54) is 38.9 Å². The van der Waals surface area contributed by atoms with E-state index in [4.69, 9.17) is 4.98 Å². The van der Waals surface area contributed by atoms with E-state index in [0.717, 1.165) is 22.6 Å². The molecule has 0 fully saturated rings. The summed E-state index contributed by atoms with van der Waals surface area (Å²) < 4.78 is 0. The number of rotatable bonds is 3. The van der Waals surface area contributed by atoms with Crippen LogP contribution in [0, 0.1) is 34.6 Å². The van der Waals surface area contributed by atoms with Crippen molar-refractivity contribution >= 4 is 0 Å². The van der Waals surface area contributed by atoms with Crippen molar-refractivity contribution in [1.82, 2.24) is 9.97 Å². The normalized spacial score (nSPS) is 10.9. The van der Waals surface area contributed by atoms with Crippen LogP contribution >= 0.6 is 0 Å². The summed E-state index contributed by atoms with van der Waals surface area (Å²) in [5.74, 6) is 0. The van der Waals surface area contributed by atoms with Crippen LogP contribution in [0.1, 0.15) is 27.9 Å². The summed E-state index contributed by atoms with van der Waals surface area (Å²) in [5, 5.41) is 0. The molecule has 0 bridgehead atoms. The molecule has 2 nitrogen and oxygen atoms in total. The van der Waals surface area contributed by atoms with Crippen molar-refractivity contribution in [3.05, 3.63) is 94.8 Å². The number of aryl methyl sites for hydroxylation is 3. The molecule has 2 heteroatoms. The predicted molar refractivity (Wildman–Crippen MR) is 122 cm³/mol. The van der Waals surface area contributed by atoms with Crippen LogP contribution in [0.2, 0.25) is 0 Å². The molecule has 2 aromatic carbocycles. The van der Waals surface area contributed by atoms with Gasteiger partial charge in [0, 0.05) is 28.6 Å². The van der Waals surface area contributed by atoms with Gasteiger partial charge in [0.15, 0.2) is 0 Å². The van der Waals surface area contributed by atoms with Gasteiger partial charge in [-0.3, -0.25) is 9.97 Å². The summed E-state index contributed by atoms with van der Waals surface area (Å²) in [5.41, 5.74) is 12.9. The molecule has 0 N–H and O–H groups in total. The molecule has 0 radical (unpaired) electrons. The highest BCUT2D eigenvalue weighted by Crippen LogP contribution is 2.34. The molecule has 0 aliphatic heterocycles. The third-order valence-corrected chi connectivity index (χ3v) is 5.64. The van der Waals surface area contributed by atoms with E-state index in [1.54, 1.807) is 0 Å². The van der Waals surface area contributed by atoms with Crippen LogP contribution in [-0.4, -0.2) is 9.97 Å². The first kappa shape index (κ1) is 19.1. The molecule has 0 saturated carbocycles. The second kappa shape index (κ2) is 7.63. The summed E-state index contributed by atoms with van der Waals surface area (Å²) in [7, 11) is 0. The van der Waals surface area contributed by atoms with Gasteiger partial charge in [-0.15, -0.1) is 0 Å². The number of hydrogen-bond acceptors (Lipinski definition) is 2. The lowest BCUT2D eigenvalue weighted by Gasteiger charge is -2.16. The highest BCUT2D eigenvalue weighted by atomic mass is 14.7. The SMILES string of the molecule is Cc1cccc(-c2ncc(-c3ccc(-c4cccc(C)n4)cc3C)c(C)c2C)c1. The van der Waals surface area contributed by atoms with Crippen molar-refractivity contribution in [2.45, 2.75) is 34.6 Å². The Morgan fingerprint density at radius 1 is 0.655 bits per heavy atom. The molecule has 0 amide bonds. The van der Waals surface area contributed by atoms with E-state index < -0.39 is 0 Å². The van der Waals surface area contributed by atoms with E-state index in [2.05, 4.69) is 87.3 Å². The molecule has 144 valence electrons. The highest BCUT2D eigenvalue weighted by molar-refractivity contribution is 5.77. The minimum absolute atomic E-state index is 1.01. The van der Waals surface area contributed by atoms with Crippen LogP contribution in [0.15, 0.2) is 66.9 Å². The Bertz CT molecular complexity index is 1210. The zero-order valence-electron chi connectivity index (χ0n) is 17.7. The first-order valence-electron chi connectivity index (χ1n) is 10.0. The lowest BCUT2D eigenvalue weighted by Crippen LogP contribution is -1.97. The van der Waals surface area contributed by atoms with Gasteiger partial charge in [-0.25, -0.2) is 0 Å². The molecule has 0 spiro atoms. The Morgan fingerprint density at radius 3 is 2.17 bits per heavy atom. The van der Waals surface area contributed by atoms with Crippen molar-refractivity contribution < 1.29 is 0 Å². The maximum Gasteiger partial charge on any atom is 0.0734 e. The van der Waals surface area contributed by atoms with Crippen LogP contribution in [0.3, 0.4) is 0 Å². The summed E-state index contributed by atoms with van der Waals surface area (Å²) in [6, 6.07) is 21.3. The lowest BCUT2D eigenvalue weighted by atomic mass is 9.92. The summed E-state index contributed by atoms with van der Waals surface area (Å²) in [6.07, 6.45) is 2.02. The van der Waals surface area contributed by atoms with E-state index in [0.29, 0.717) is 0 Å². The van der Waals surface area contributed by atoms with Crippen molar-refractivity contribution in [2.75, 3.05) is 0 Å². The number of benzene rings is 2. The monoisotopic (exact) mass is 378 g/mol. The average molecular weight is 379 g/mol. The molecule has 4 aromatic rings. The summed E-state index contributed by atoms with van der Waals surface area (Å²) >= 11 is 0. The standard InChI is InChI=1S/C27H26N2/c1-17-8-6-10-23(14-17)27-21(5)20(4)25(16-28-27)24-13-12-22(15-18(24)2)26-11-7-9-19(3)29-26/h6-16H,1-5H3. The Labute approximate surface area is 173 Å². The van der Waals surface area contributed by atoms with Gasteiger partial charge in [-0.1, -0.05) is 42.0 Å². The topological polar surface area (TPSA) is 25.8 Å². The number of nitrogens with zero attached hydrogens (tertiary/aromatic N) is 2. The molecular weight excluding hydrogens is 352 g/mol. The molecule has 0 aliphatic carbocycles. The zero-order chi connectivity index (χ0) is 20.5. The van der Waals surface area contributed by atoms with Gasteiger partial charge in [0.2, 0.25) is 0 Å². The van der Waals surface area contributed by atoms with Crippen LogP contribution in [0.5, 0.6) is 0 Å². The molecule has 4 rings (SSSR count). The van der Waals surface area contributed by atoms with E-state index in [9.17, 15) is 0 Å². The largest absolute Gasteiger partial charge is 0.255 e. The molecule has 2 aromatic heterocycles. The van der Waals surface area contributed by atoms with Crippen LogP contribution in [0.4, 0.5) is 0 Å². The number of pyridine rings is 2. The van der Waals surface area contributed by atoms with E-state index in [-0.39, 0.29) is 0 Å². The van der Waals surface area contributed by atoms with E-state index in [1.807, 2.05) is 19.2 Å². The second-order valence-electron chi connectivity index (χ2n) is 7.83. The minimum Gasteiger partial charge on any atom is -0.255 e. The molecule has 0 aliphatic rings. The third kappa shape index (κ3) is 3.71. The fraction of sp³-hybridized carbons (Fsp3) is 0.185. The number of aromatic nitrogens is 2. The third-order valence-electron chi connectivity index (χ3n) is 5.64. The van der Waals surface area contributed by atoms with Gasteiger partial charge < -0.3 is 0 Å². The maximum absolute atomic E-state index is 4.85. The van der Waals surface area contributed by atoms with E-state index >= 15 is 0 Å². The van der Waals surface area contributed by atoms with Gasteiger partial charge in [-0.05, 0) is 81.1 Å². The van der Waals surface area contributed by atoms with Crippen molar-refractivity contribution in [3.63, 3.8) is 0 Å². The van der Waals surface area contributed by atoms with Crippen LogP contribution < -0.4 is 0 Å². The Hall–Kier alpha value is -3.26. The fourth-order valence-electron chi connectivity index (χ4n) is 3.89. The molecule has 0 saturated heterocycles. The van der Waals surface area contributed by atoms with Crippen LogP contribution in [0.25, 0.3) is 33.6 Å². The summed E-state index contributed by atoms with van der Waals surface area (Å²) in [6.45, 7) is 10.7. The molecule has 29 heavy (non-hydrogen) atoms. The van der Waals surface area contributed by atoms with Gasteiger partial charge in [0.25, 0.3) is 0 Å². The molecule has 0 atom stereocenters.